The Labute approximate surface area is 119 Å². The van der Waals surface area contributed by atoms with Crippen molar-refractivity contribution >= 4 is 10.0 Å². The summed E-state index contributed by atoms with van der Waals surface area (Å²) in [4.78, 5) is 0.207. The molecule has 112 valence electrons. The Morgan fingerprint density at radius 1 is 1.45 bits per heavy atom. The molecule has 1 aliphatic rings. The van der Waals surface area contributed by atoms with Crippen LogP contribution in [0.5, 0.6) is 0 Å². The zero-order valence-corrected chi connectivity index (χ0v) is 12.5. The van der Waals surface area contributed by atoms with E-state index in [9.17, 15) is 12.8 Å². The van der Waals surface area contributed by atoms with Gasteiger partial charge in [-0.05, 0) is 62.9 Å². The molecule has 1 aromatic carbocycles. The SMILES string of the molecule is Cc1cc(F)ccc1S(=O)(=O)N1CCCC1CCCN. The van der Waals surface area contributed by atoms with E-state index in [0.717, 1.165) is 25.7 Å². The normalized spacial score (nSPS) is 20.4. The summed E-state index contributed by atoms with van der Waals surface area (Å²) in [6.07, 6.45) is 3.35. The van der Waals surface area contributed by atoms with Crippen LogP contribution in [0.4, 0.5) is 4.39 Å². The van der Waals surface area contributed by atoms with Gasteiger partial charge in [-0.2, -0.15) is 4.31 Å². The average molecular weight is 300 g/mol. The number of nitrogens with two attached hydrogens (primary N) is 1. The molecule has 0 saturated carbocycles. The molecule has 4 nitrogen and oxygen atoms in total. The first-order chi connectivity index (χ1) is 9.46. The molecule has 1 fully saturated rings. The van der Waals surface area contributed by atoms with Crippen LogP contribution in [-0.2, 0) is 10.0 Å². The predicted molar refractivity (Wildman–Crippen MR) is 76.3 cm³/mol. The maximum Gasteiger partial charge on any atom is 0.243 e. The second-order valence-corrected chi connectivity index (χ2v) is 7.11. The number of rotatable bonds is 5. The quantitative estimate of drug-likeness (QED) is 0.905. The lowest BCUT2D eigenvalue weighted by atomic mass is 10.1. The summed E-state index contributed by atoms with van der Waals surface area (Å²) >= 11 is 0. The second-order valence-electron chi connectivity index (χ2n) is 5.25. The smallest absolute Gasteiger partial charge is 0.243 e. The molecule has 2 N–H and O–H groups in total. The lowest BCUT2D eigenvalue weighted by Crippen LogP contribution is -2.36. The third-order valence-electron chi connectivity index (χ3n) is 3.79. The zero-order valence-electron chi connectivity index (χ0n) is 11.7. The van der Waals surface area contributed by atoms with Crippen LogP contribution in [-0.4, -0.2) is 31.9 Å². The van der Waals surface area contributed by atoms with E-state index in [0.29, 0.717) is 18.7 Å². The van der Waals surface area contributed by atoms with Gasteiger partial charge in [-0.15, -0.1) is 0 Å². The molecule has 1 saturated heterocycles. The van der Waals surface area contributed by atoms with Crippen molar-refractivity contribution in [3.05, 3.63) is 29.6 Å². The second kappa shape index (κ2) is 6.20. The molecule has 1 aromatic rings. The molecule has 0 aliphatic carbocycles. The van der Waals surface area contributed by atoms with Gasteiger partial charge >= 0.3 is 0 Å². The summed E-state index contributed by atoms with van der Waals surface area (Å²) in [7, 11) is -3.54. The number of halogens is 1. The van der Waals surface area contributed by atoms with Gasteiger partial charge in [0.05, 0.1) is 4.90 Å². The van der Waals surface area contributed by atoms with Crippen LogP contribution in [0.15, 0.2) is 23.1 Å². The molecule has 1 atom stereocenters. The Balaban J connectivity index is 2.29. The van der Waals surface area contributed by atoms with Crippen LogP contribution in [0, 0.1) is 12.7 Å². The lowest BCUT2D eigenvalue weighted by molar-refractivity contribution is 0.365. The van der Waals surface area contributed by atoms with Crippen molar-refractivity contribution in [2.24, 2.45) is 5.73 Å². The number of sulfonamides is 1. The fraction of sp³-hybridized carbons (Fsp3) is 0.571. The highest BCUT2D eigenvalue weighted by Gasteiger charge is 2.35. The molecule has 0 amide bonds. The summed E-state index contributed by atoms with van der Waals surface area (Å²) in [6.45, 7) is 2.73. The van der Waals surface area contributed by atoms with E-state index in [1.807, 2.05) is 0 Å². The van der Waals surface area contributed by atoms with Crippen molar-refractivity contribution in [3.63, 3.8) is 0 Å². The number of hydrogen-bond acceptors (Lipinski definition) is 3. The van der Waals surface area contributed by atoms with Gasteiger partial charge in [0.15, 0.2) is 0 Å². The van der Waals surface area contributed by atoms with Gasteiger partial charge in [-0.25, -0.2) is 12.8 Å². The highest BCUT2D eigenvalue weighted by molar-refractivity contribution is 7.89. The van der Waals surface area contributed by atoms with E-state index in [2.05, 4.69) is 0 Å². The molecule has 1 unspecified atom stereocenters. The first-order valence-electron chi connectivity index (χ1n) is 6.95. The van der Waals surface area contributed by atoms with E-state index in [1.54, 1.807) is 11.2 Å². The Morgan fingerprint density at radius 2 is 2.20 bits per heavy atom. The molecular formula is C14H21FN2O2S. The van der Waals surface area contributed by atoms with E-state index in [1.165, 1.54) is 18.2 Å². The highest BCUT2D eigenvalue weighted by atomic mass is 32.2. The number of aryl methyl sites for hydroxylation is 1. The average Bonchev–Trinajstić information content (AvgIpc) is 2.84. The molecule has 0 aromatic heterocycles. The molecule has 20 heavy (non-hydrogen) atoms. The maximum atomic E-state index is 13.1. The van der Waals surface area contributed by atoms with Gasteiger partial charge in [-0.3, -0.25) is 0 Å². The monoisotopic (exact) mass is 300 g/mol. The van der Waals surface area contributed by atoms with Crippen molar-refractivity contribution in [2.45, 2.75) is 43.5 Å². The number of nitrogens with zero attached hydrogens (tertiary/aromatic N) is 1. The van der Waals surface area contributed by atoms with Crippen molar-refractivity contribution < 1.29 is 12.8 Å². The molecule has 0 bridgehead atoms. The van der Waals surface area contributed by atoms with Gasteiger partial charge in [0.2, 0.25) is 10.0 Å². The number of hydrogen-bond donors (Lipinski definition) is 1. The molecular weight excluding hydrogens is 279 g/mol. The molecule has 2 rings (SSSR count). The van der Waals surface area contributed by atoms with Crippen LogP contribution in [0.2, 0.25) is 0 Å². The number of benzene rings is 1. The first-order valence-corrected chi connectivity index (χ1v) is 8.39. The van der Waals surface area contributed by atoms with Gasteiger partial charge < -0.3 is 5.73 Å². The van der Waals surface area contributed by atoms with Crippen LogP contribution >= 0.6 is 0 Å². The van der Waals surface area contributed by atoms with Crippen LogP contribution in [0.25, 0.3) is 0 Å². The fourth-order valence-electron chi connectivity index (χ4n) is 2.80. The predicted octanol–water partition coefficient (Wildman–Crippen LogP) is 2.03. The van der Waals surface area contributed by atoms with Gasteiger partial charge in [-0.1, -0.05) is 0 Å². The zero-order chi connectivity index (χ0) is 14.8. The van der Waals surface area contributed by atoms with Crippen LogP contribution < -0.4 is 5.73 Å². The Hall–Kier alpha value is -0.980. The minimum atomic E-state index is -3.54. The van der Waals surface area contributed by atoms with E-state index >= 15 is 0 Å². The maximum absolute atomic E-state index is 13.1. The molecule has 1 aliphatic heterocycles. The minimum Gasteiger partial charge on any atom is -0.330 e. The third-order valence-corrected chi connectivity index (χ3v) is 5.90. The molecule has 6 heteroatoms. The summed E-state index contributed by atoms with van der Waals surface area (Å²) < 4.78 is 40.1. The summed E-state index contributed by atoms with van der Waals surface area (Å²) in [5.74, 6) is -0.414. The standard InChI is InChI=1S/C14H21FN2O2S/c1-11-10-12(15)6-7-14(11)20(18,19)17-9-3-5-13(17)4-2-8-16/h6-7,10,13H,2-5,8-9,16H2,1H3. The topological polar surface area (TPSA) is 63.4 Å². The van der Waals surface area contributed by atoms with E-state index < -0.39 is 15.8 Å². The van der Waals surface area contributed by atoms with Crippen LogP contribution in [0.3, 0.4) is 0 Å². The summed E-state index contributed by atoms with van der Waals surface area (Å²) in [5, 5.41) is 0. The van der Waals surface area contributed by atoms with Crippen molar-refractivity contribution in [2.75, 3.05) is 13.1 Å². The summed E-state index contributed by atoms with van der Waals surface area (Å²) in [5.41, 5.74) is 5.96. The van der Waals surface area contributed by atoms with Crippen LogP contribution in [0.1, 0.15) is 31.2 Å². The van der Waals surface area contributed by atoms with Crippen molar-refractivity contribution in [3.8, 4) is 0 Å². The molecule has 0 radical (unpaired) electrons. The first kappa shape index (κ1) is 15.4. The van der Waals surface area contributed by atoms with E-state index in [4.69, 9.17) is 5.73 Å². The highest BCUT2D eigenvalue weighted by Crippen LogP contribution is 2.30. The Bertz CT molecular complexity index is 575. The fourth-order valence-corrected chi connectivity index (χ4v) is 4.73. The van der Waals surface area contributed by atoms with Gasteiger partial charge in [0, 0.05) is 12.6 Å². The van der Waals surface area contributed by atoms with Crippen molar-refractivity contribution in [1.82, 2.24) is 4.31 Å². The third kappa shape index (κ3) is 3.02. The minimum absolute atomic E-state index is 0.0213. The molecule has 0 spiro atoms. The summed E-state index contributed by atoms with van der Waals surface area (Å²) in [6, 6.07) is 3.84. The van der Waals surface area contributed by atoms with E-state index in [-0.39, 0.29) is 10.9 Å². The van der Waals surface area contributed by atoms with Crippen molar-refractivity contribution in [1.29, 1.82) is 0 Å². The van der Waals surface area contributed by atoms with Gasteiger partial charge in [0.1, 0.15) is 5.82 Å². The lowest BCUT2D eigenvalue weighted by Gasteiger charge is -2.24. The Kier molecular flexibility index (Phi) is 4.78. The Morgan fingerprint density at radius 3 is 2.85 bits per heavy atom. The largest absolute Gasteiger partial charge is 0.330 e. The van der Waals surface area contributed by atoms with Gasteiger partial charge in [0.25, 0.3) is 0 Å². The molecule has 1 heterocycles.